The minimum absolute atomic E-state index is 0.0853. The summed E-state index contributed by atoms with van der Waals surface area (Å²) in [6, 6.07) is 2.08. The zero-order valence-electron chi connectivity index (χ0n) is 21.3. The monoisotopic (exact) mass is 504 g/mol. The maximum Gasteiger partial charge on any atom is 0.346 e. The molecule has 33 heavy (non-hydrogen) atoms. The van der Waals surface area contributed by atoms with Crippen LogP contribution in [0.15, 0.2) is 6.07 Å². The van der Waals surface area contributed by atoms with Crippen molar-refractivity contribution in [2.75, 3.05) is 26.4 Å². The van der Waals surface area contributed by atoms with Crippen LogP contribution in [0.1, 0.15) is 83.6 Å². The minimum Gasteiger partial charge on any atom is -0.507 e. The van der Waals surface area contributed by atoms with Crippen LogP contribution < -0.4 is 0 Å². The molecule has 190 valence electrons. The van der Waals surface area contributed by atoms with Gasteiger partial charge in [-0.05, 0) is 81.9 Å². The first-order valence-electron chi connectivity index (χ1n) is 12.1. The molecule has 7 nitrogen and oxygen atoms in total. The fourth-order valence-electron chi connectivity index (χ4n) is 4.67. The molecule has 0 bridgehead atoms. The third-order valence-electron chi connectivity index (χ3n) is 5.82. The molecule has 9 heteroatoms. The van der Waals surface area contributed by atoms with Crippen molar-refractivity contribution < 1.29 is 32.3 Å². The van der Waals surface area contributed by atoms with Crippen LogP contribution in [0.5, 0.6) is 5.75 Å². The summed E-state index contributed by atoms with van der Waals surface area (Å²) in [5, 5.41) is 10.2. The minimum atomic E-state index is -3.89. The second kappa shape index (κ2) is 11.8. The van der Waals surface area contributed by atoms with Crippen molar-refractivity contribution in [2.24, 2.45) is 0 Å². The van der Waals surface area contributed by atoms with Crippen molar-refractivity contribution in [1.82, 2.24) is 0 Å². The summed E-state index contributed by atoms with van der Waals surface area (Å²) in [5.74, 6) is 0.291. The predicted octanol–water partition coefficient (Wildman–Crippen LogP) is 6.97. The van der Waals surface area contributed by atoms with Crippen LogP contribution in [0.25, 0.3) is 0 Å². The molecule has 0 atom stereocenters. The highest BCUT2D eigenvalue weighted by Crippen LogP contribution is 2.71. The highest BCUT2D eigenvalue weighted by Gasteiger charge is 2.51. The molecule has 1 aromatic carbocycles. The van der Waals surface area contributed by atoms with Gasteiger partial charge >= 0.3 is 15.2 Å². The molecule has 1 aliphatic rings. The Balaban J connectivity index is 2.75. The summed E-state index contributed by atoms with van der Waals surface area (Å²) in [6.07, 6.45) is 3.88. The number of aryl methyl sites for hydroxylation is 1. The highest BCUT2D eigenvalue weighted by molar-refractivity contribution is 7.72. The van der Waals surface area contributed by atoms with Crippen molar-refractivity contribution in [3.05, 3.63) is 28.3 Å². The van der Waals surface area contributed by atoms with Crippen molar-refractivity contribution in [1.29, 1.82) is 0 Å². The van der Waals surface area contributed by atoms with Gasteiger partial charge in [-0.3, -0.25) is 9.13 Å². The first-order valence-corrected chi connectivity index (χ1v) is 15.3. The summed E-state index contributed by atoms with van der Waals surface area (Å²) >= 11 is 0. The Hall–Kier alpha value is -0.680. The van der Waals surface area contributed by atoms with E-state index in [1.165, 1.54) is 0 Å². The van der Waals surface area contributed by atoms with Gasteiger partial charge in [0.15, 0.2) is 5.40 Å². The lowest BCUT2D eigenvalue weighted by Crippen LogP contribution is -2.24. The third kappa shape index (κ3) is 6.51. The fraction of sp³-hybridized carbons (Fsp3) is 0.750. The number of benzene rings is 1. The van der Waals surface area contributed by atoms with Crippen LogP contribution in [0, 0.1) is 0 Å². The van der Waals surface area contributed by atoms with Crippen LogP contribution in [-0.2, 0) is 51.9 Å². The third-order valence-corrected chi connectivity index (χ3v) is 11.8. The van der Waals surface area contributed by atoms with E-state index in [4.69, 9.17) is 18.1 Å². The van der Waals surface area contributed by atoms with Gasteiger partial charge in [0.05, 0.1) is 26.4 Å². The average Bonchev–Trinajstić information content (AvgIpc) is 2.71. The lowest BCUT2D eigenvalue weighted by Gasteiger charge is -2.34. The summed E-state index contributed by atoms with van der Waals surface area (Å²) in [4.78, 5) is 0. The van der Waals surface area contributed by atoms with Gasteiger partial charge in [0.25, 0.3) is 0 Å². The number of fused-ring (bicyclic) bond motifs is 1. The molecule has 0 unspecified atom stereocenters. The number of hydrogen-bond donors (Lipinski definition) is 1. The predicted molar refractivity (Wildman–Crippen MR) is 133 cm³/mol. The Morgan fingerprint density at radius 2 is 1.33 bits per heavy atom. The van der Waals surface area contributed by atoms with Crippen molar-refractivity contribution in [3.8, 4) is 5.75 Å². The summed E-state index contributed by atoms with van der Waals surface area (Å²) in [6.45, 7) is 13.5. The summed E-state index contributed by atoms with van der Waals surface area (Å²) < 4.78 is 50.6. The van der Waals surface area contributed by atoms with Gasteiger partial charge < -0.3 is 23.2 Å². The van der Waals surface area contributed by atoms with Crippen LogP contribution in [-0.4, -0.2) is 36.9 Å². The molecule has 1 N–H and O–H groups in total. The Kier molecular flexibility index (Phi) is 10.2. The lowest BCUT2D eigenvalue weighted by atomic mass is 9.77. The van der Waals surface area contributed by atoms with Crippen molar-refractivity contribution in [3.63, 3.8) is 0 Å². The summed E-state index contributed by atoms with van der Waals surface area (Å²) in [7, 11) is -7.77. The smallest absolute Gasteiger partial charge is 0.346 e. The molecule has 0 aliphatic heterocycles. The van der Waals surface area contributed by atoms with Gasteiger partial charge in [-0.2, -0.15) is 0 Å². The second-order valence-corrected chi connectivity index (χ2v) is 14.1. The van der Waals surface area contributed by atoms with E-state index in [-0.39, 0.29) is 32.8 Å². The molecular weight excluding hydrogens is 462 g/mol. The van der Waals surface area contributed by atoms with E-state index in [9.17, 15) is 14.2 Å². The van der Waals surface area contributed by atoms with Gasteiger partial charge in [-0.1, -0.05) is 26.8 Å². The molecule has 0 aromatic heterocycles. The van der Waals surface area contributed by atoms with E-state index in [2.05, 4.69) is 6.07 Å². The zero-order chi connectivity index (χ0) is 24.9. The molecule has 0 fully saturated rings. The molecule has 0 heterocycles. The van der Waals surface area contributed by atoms with Crippen molar-refractivity contribution >= 4 is 15.2 Å². The maximum absolute atomic E-state index is 14.0. The van der Waals surface area contributed by atoms with Gasteiger partial charge in [0.1, 0.15) is 5.75 Å². The number of phenolic OH excluding ortho intramolecular Hbond substituents is 1. The normalized spacial score (nSPS) is 15.2. The number of rotatable bonds is 12. The zero-order valence-corrected chi connectivity index (χ0v) is 23.1. The van der Waals surface area contributed by atoms with E-state index in [0.29, 0.717) is 5.75 Å². The molecule has 0 spiro atoms. The van der Waals surface area contributed by atoms with E-state index in [1.54, 1.807) is 27.7 Å². The largest absolute Gasteiger partial charge is 0.507 e. The van der Waals surface area contributed by atoms with Crippen molar-refractivity contribution in [2.45, 2.75) is 91.4 Å². The second-order valence-electron chi connectivity index (χ2n) is 9.29. The van der Waals surface area contributed by atoms with Crippen LogP contribution >= 0.6 is 15.2 Å². The average molecular weight is 505 g/mol. The topological polar surface area (TPSA) is 91.3 Å². The van der Waals surface area contributed by atoms with Crippen LogP contribution in [0.3, 0.4) is 0 Å². The Labute approximate surface area is 199 Å². The van der Waals surface area contributed by atoms with E-state index < -0.39 is 26.0 Å². The molecule has 0 amide bonds. The summed E-state index contributed by atoms with van der Waals surface area (Å²) in [5.41, 5.74) is 3.24. The van der Waals surface area contributed by atoms with E-state index in [1.807, 2.05) is 20.8 Å². The lowest BCUT2D eigenvalue weighted by molar-refractivity contribution is 0.195. The Morgan fingerprint density at radius 1 is 0.879 bits per heavy atom. The highest BCUT2D eigenvalue weighted by atomic mass is 31.2. The van der Waals surface area contributed by atoms with Crippen LogP contribution in [0.2, 0.25) is 0 Å². The molecule has 1 aliphatic carbocycles. The molecular formula is C24H42O7P2. The first kappa shape index (κ1) is 28.6. The molecule has 0 saturated carbocycles. The molecule has 0 saturated heterocycles. The first-order chi connectivity index (χ1) is 15.5. The van der Waals surface area contributed by atoms with Gasteiger partial charge in [-0.15, -0.1) is 0 Å². The molecule has 2 rings (SSSR count). The standard InChI is InChI=1S/C24H42O7P2/c1-8-28-32(26,29-9-2)21(33(27,30-10-3)31-11-4)17-19-16-18-14-12-13-15-20(18)23(25)22(19)24(5,6)7/h16,21,25H,8-15,17H2,1-7H3. The van der Waals surface area contributed by atoms with E-state index in [0.717, 1.165) is 47.9 Å². The molecule has 1 aromatic rings. The fourth-order valence-corrected chi connectivity index (χ4v) is 9.98. The van der Waals surface area contributed by atoms with E-state index >= 15 is 0 Å². The maximum atomic E-state index is 14.0. The number of phenols is 1. The number of aromatic hydroxyl groups is 1. The quantitative estimate of drug-likeness (QED) is 0.307. The van der Waals surface area contributed by atoms with Crippen LogP contribution in [0.4, 0.5) is 0 Å². The van der Waals surface area contributed by atoms with Gasteiger partial charge in [-0.25, -0.2) is 0 Å². The Morgan fingerprint density at radius 3 is 1.76 bits per heavy atom. The number of hydrogen-bond acceptors (Lipinski definition) is 7. The Bertz CT molecular complexity index is 842. The SMILES string of the molecule is CCOP(=O)(OCC)C(Cc1cc2c(c(O)c1C(C)(C)C)CCCC2)P(=O)(OCC)OCC. The molecule has 0 radical (unpaired) electrons. The van der Waals surface area contributed by atoms with Gasteiger partial charge in [0.2, 0.25) is 0 Å². The van der Waals surface area contributed by atoms with Gasteiger partial charge in [0, 0.05) is 5.56 Å².